The van der Waals surface area contributed by atoms with Crippen molar-refractivity contribution in [2.45, 2.75) is 6.92 Å². The number of anilines is 3. The maximum absolute atomic E-state index is 4.23. The predicted octanol–water partition coefficient (Wildman–Crippen LogP) is 15.3. The van der Waals surface area contributed by atoms with Gasteiger partial charge >= 0.3 is 0 Å². The third-order valence-electron chi connectivity index (χ3n) is 10.5. The summed E-state index contributed by atoms with van der Waals surface area (Å²) in [5, 5.41) is 7.50. The highest BCUT2D eigenvalue weighted by Crippen LogP contribution is 2.45. The Kier molecular flexibility index (Phi) is 8.67. The van der Waals surface area contributed by atoms with E-state index in [-0.39, 0.29) is 0 Å². The second kappa shape index (κ2) is 14.2. The van der Waals surface area contributed by atoms with E-state index in [9.17, 15) is 0 Å². The molecular formula is C53H39N. The molecule has 0 bridgehead atoms. The van der Waals surface area contributed by atoms with Gasteiger partial charge in [-0.1, -0.05) is 170 Å². The number of hydrogen-bond donors (Lipinski definition) is 0. The van der Waals surface area contributed by atoms with E-state index in [1.54, 1.807) is 0 Å². The van der Waals surface area contributed by atoms with Crippen molar-refractivity contribution in [2.75, 3.05) is 4.90 Å². The van der Waals surface area contributed by atoms with Crippen LogP contribution in [-0.4, -0.2) is 0 Å². The second-order valence-corrected chi connectivity index (χ2v) is 13.6. The molecule has 0 unspecified atom stereocenters. The Balaban J connectivity index is 1.17. The van der Waals surface area contributed by atoms with Crippen LogP contribution in [0.1, 0.15) is 18.1 Å². The van der Waals surface area contributed by atoms with Crippen LogP contribution in [0.25, 0.3) is 77.9 Å². The standard InChI is InChI=1S/C53H39N/c1-3-17-46-44(4-2)51(36-40-20-11-12-23-45(40)46)37-28-32-42(33-29-37)54(41-21-9-6-10-22-41)43-34-30-39(31-35-43)53-50-27-16-14-25-48(50)47-24-13-15-26-49(47)52(53)38-18-7-5-8-19-38/h3-36H,2H2,1H3/b17-3-. The quantitative estimate of drug-likeness (QED) is 0.144. The molecule has 0 heterocycles. The van der Waals surface area contributed by atoms with Crippen LogP contribution in [0.2, 0.25) is 0 Å². The zero-order valence-electron chi connectivity index (χ0n) is 30.3. The number of rotatable bonds is 8. The zero-order chi connectivity index (χ0) is 36.4. The van der Waals surface area contributed by atoms with Gasteiger partial charge in [0, 0.05) is 17.1 Å². The van der Waals surface area contributed by atoms with E-state index in [0.717, 1.165) is 28.2 Å². The lowest BCUT2D eigenvalue weighted by Crippen LogP contribution is -2.09. The Labute approximate surface area is 317 Å². The molecule has 0 saturated heterocycles. The van der Waals surface area contributed by atoms with E-state index >= 15 is 0 Å². The molecule has 0 fully saturated rings. The molecule has 1 heteroatoms. The van der Waals surface area contributed by atoms with Crippen molar-refractivity contribution >= 4 is 61.5 Å². The van der Waals surface area contributed by atoms with E-state index in [1.807, 2.05) is 6.08 Å². The van der Waals surface area contributed by atoms with Crippen molar-refractivity contribution < 1.29 is 0 Å². The smallest absolute Gasteiger partial charge is 0.0462 e. The van der Waals surface area contributed by atoms with Gasteiger partial charge in [0.15, 0.2) is 0 Å². The summed E-state index contributed by atoms with van der Waals surface area (Å²) in [5.41, 5.74) is 12.9. The van der Waals surface area contributed by atoms with Gasteiger partial charge in [0.05, 0.1) is 0 Å². The molecule has 9 rings (SSSR count). The summed E-state index contributed by atoms with van der Waals surface area (Å²) in [6.45, 7) is 6.30. The largest absolute Gasteiger partial charge is 0.311 e. The van der Waals surface area contributed by atoms with Crippen LogP contribution in [0.5, 0.6) is 0 Å². The first-order valence-electron chi connectivity index (χ1n) is 18.6. The van der Waals surface area contributed by atoms with Gasteiger partial charge in [-0.25, -0.2) is 0 Å². The molecule has 1 nitrogen and oxygen atoms in total. The normalized spacial score (nSPS) is 11.4. The second-order valence-electron chi connectivity index (χ2n) is 13.6. The predicted molar refractivity (Wildman–Crippen MR) is 235 cm³/mol. The number of fused-ring (bicyclic) bond motifs is 4. The van der Waals surface area contributed by atoms with E-state index < -0.39 is 0 Å². The monoisotopic (exact) mass is 689 g/mol. The first-order chi connectivity index (χ1) is 26.7. The highest BCUT2D eigenvalue weighted by molar-refractivity contribution is 6.21. The summed E-state index contributed by atoms with van der Waals surface area (Å²) < 4.78 is 0. The molecule has 0 aliphatic rings. The Hall–Kier alpha value is -6.96. The van der Waals surface area contributed by atoms with Crippen molar-refractivity contribution in [3.63, 3.8) is 0 Å². The molecule has 0 amide bonds. The fraction of sp³-hybridized carbons (Fsp3) is 0.0189. The van der Waals surface area contributed by atoms with Crippen LogP contribution in [0, 0.1) is 0 Å². The molecule has 0 aromatic heterocycles. The molecule has 0 spiro atoms. The lowest BCUT2D eigenvalue weighted by atomic mass is 9.85. The Bertz CT molecular complexity index is 2810. The van der Waals surface area contributed by atoms with Gasteiger partial charge in [-0.05, 0) is 126 Å². The summed E-state index contributed by atoms with van der Waals surface area (Å²) in [6.07, 6.45) is 6.29. The van der Waals surface area contributed by atoms with Crippen molar-refractivity contribution in [2.24, 2.45) is 0 Å². The topological polar surface area (TPSA) is 3.24 Å². The molecule has 0 atom stereocenters. The first kappa shape index (κ1) is 32.9. The van der Waals surface area contributed by atoms with Crippen LogP contribution in [-0.2, 0) is 0 Å². The summed E-state index contributed by atoms with van der Waals surface area (Å²) in [5.74, 6) is 0. The van der Waals surface area contributed by atoms with Crippen LogP contribution in [0.3, 0.4) is 0 Å². The molecule has 0 aliphatic carbocycles. The van der Waals surface area contributed by atoms with Crippen molar-refractivity contribution in [3.05, 3.63) is 212 Å². The van der Waals surface area contributed by atoms with Gasteiger partial charge in [-0.2, -0.15) is 0 Å². The van der Waals surface area contributed by atoms with Crippen molar-refractivity contribution in [1.82, 2.24) is 0 Å². The van der Waals surface area contributed by atoms with Crippen LogP contribution in [0.4, 0.5) is 17.1 Å². The molecule has 9 aromatic rings. The van der Waals surface area contributed by atoms with Gasteiger partial charge in [-0.3, -0.25) is 0 Å². The van der Waals surface area contributed by atoms with E-state index in [2.05, 4.69) is 219 Å². The minimum absolute atomic E-state index is 1.09. The molecule has 9 aromatic carbocycles. The lowest BCUT2D eigenvalue weighted by molar-refractivity contribution is 1.28. The Morgan fingerprint density at radius 1 is 0.407 bits per heavy atom. The average Bonchev–Trinajstić information content (AvgIpc) is 3.24. The minimum atomic E-state index is 1.09. The summed E-state index contributed by atoms with van der Waals surface area (Å²) in [4.78, 5) is 2.34. The van der Waals surface area contributed by atoms with Crippen LogP contribution < -0.4 is 4.90 Å². The summed E-state index contributed by atoms with van der Waals surface area (Å²) >= 11 is 0. The van der Waals surface area contributed by atoms with Gasteiger partial charge in [0.25, 0.3) is 0 Å². The third kappa shape index (κ3) is 5.77. The van der Waals surface area contributed by atoms with Gasteiger partial charge in [0.2, 0.25) is 0 Å². The Morgan fingerprint density at radius 3 is 1.41 bits per heavy atom. The van der Waals surface area contributed by atoms with Crippen molar-refractivity contribution in [3.8, 4) is 33.4 Å². The molecule has 54 heavy (non-hydrogen) atoms. The maximum Gasteiger partial charge on any atom is 0.0462 e. The summed E-state index contributed by atoms with van der Waals surface area (Å²) in [6, 6.07) is 68.0. The molecule has 0 N–H and O–H groups in total. The van der Waals surface area contributed by atoms with Crippen LogP contribution >= 0.6 is 0 Å². The highest BCUT2D eigenvalue weighted by Gasteiger charge is 2.19. The number of hydrogen-bond acceptors (Lipinski definition) is 1. The molecule has 0 aliphatic heterocycles. The number of nitrogens with zero attached hydrogens (tertiary/aromatic N) is 1. The number of allylic oxidation sites excluding steroid dienone is 1. The highest BCUT2D eigenvalue weighted by atomic mass is 15.1. The third-order valence-corrected chi connectivity index (χ3v) is 10.5. The van der Waals surface area contributed by atoms with Crippen LogP contribution in [0.15, 0.2) is 201 Å². The zero-order valence-corrected chi connectivity index (χ0v) is 30.3. The molecule has 256 valence electrons. The first-order valence-corrected chi connectivity index (χ1v) is 18.6. The van der Waals surface area contributed by atoms with Gasteiger partial charge < -0.3 is 4.90 Å². The molecular weight excluding hydrogens is 651 g/mol. The van der Waals surface area contributed by atoms with E-state index in [0.29, 0.717) is 0 Å². The fourth-order valence-corrected chi connectivity index (χ4v) is 8.13. The van der Waals surface area contributed by atoms with E-state index in [1.165, 1.54) is 65.7 Å². The molecule has 0 saturated carbocycles. The average molecular weight is 690 g/mol. The van der Waals surface area contributed by atoms with Crippen molar-refractivity contribution in [1.29, 1.82) is 0 Å². The fourth-order valence-electron chi connectivity index (χ4n) is 8.13. The summed E-state index contributed by atoms with van der Waals surface area (Å²) in [7, 11) is 0. The van der Waals surface area contributed by atoms with Gasteiger partial charge in [0.1, 0.15) is 0 Å². The number of benzene rings is 9. The lowest BCUT2D eigenvalue weighted by Gasteiger charge is -2.26. The van der Waals surface area contributed by atoms with E-state index in [4.69, 9.17) is 0 Å². The maximum atomic E-state index is 4.23. The number of para-hydroxylation sites is 1. The van der Waals surface area contributed by atoms with Gasteiger partial charge in [-0.15, -0.1) is 0 Å². The SMILES string of the molecule is C=Cc1c(-c2ccc(N(c3ccccc3)c3ccc(-c4c(-c5ccccc5)c5ccccc5c5ccccc45)cc3)cc2)cc2ccccc2c1/C=C\C. The molecule has 0 radical (unpaired) electrons. The Morgan fingerprint density at radius 2 is 0.852 bits per heavy atom. The minimum Gasteiger partial charge on any atom is -0.311 e.